The maximum Gasteiger partial charge on any atom is 0.274 e. The highest BCUT2D eigenvalue weighted by Crippen LogP contribution is 2.36. The smallest absolute Gasteiger partial charge is 0.274 e. The van der Waals surface area contributed by atoms with Gasteiger partial charge in [-0.1, -0.05) is 0 Å². The minimum absolute atomic E-state index is 0.000124. The fourth-order valence-corrected chi connectivity index (χ4v) is 4.17. The van der Waals surface area contributed by atoms with E-state index in [1.807, 2.05) is 19.1 Å². The quantitative estimate of drug-likeness (QED) is 0.637. The van der Waals surface area contributed by atoms with Crippen molar-refractivity contribution >= 4 is 11.5 Å². The van der Waals surface area contributed by atoms with Gasteiger partial charge in [0.05, 0.1) is 0 Å². The number of fused-ring (bicyclic) bond motifs is 2. The van der Waals surface area contributed by atoms with E-state index in [0.29, 0.717) is 22.9 Å². The first-order chi connectivity index (χ1) is 15.0. The van der Waals surface area contributed by atoms with Gasteiger partial charge in [0, 0.05) is 43.8 Å². The van der Waals surface area contributed by atoms with Crippen molar-refractivity contribution in [3.05, 3.63) is 52.4 Å². The third kappa shape index (κ3) is 3.75. The van der Waals surface area contributed by atoms with Crippen LogP contribution in [0.4, 0.5) is 10.2 Å². The number of rotatable bonds is 3. The predicted octanol–water partition coefficient (Wildman–Crippen LogP) is 2.90. The number of halogens is 1. The summed E-state index contributed by atoms with van der Waals surface area (Å²) >= 11 is 0. The van der Waals surface area contributed by atoms with Crippen molar-refractivity contribution in [3.63, 3.8) is 0 Å². The summed E-state index contributed by atoms with van der Waals surface area (Å²) in [5.41, 5.74) is 1.30. The first-order valence-electron chi connectivity index (χ1n) is 10.3. The molecule has 5 rings (SSSR count). The number of aromatic nitrogens is 3. The van der Waals surface area contributed by atoms with Crippen molar-refractivity contribution in [2.45, 2.75) is 45.2 Å². The molecule has 3 atom stereocenters. The zero-order valence-electron chi connectivity index (χ0n) is 17.3. The van der Waals surface area contributed by atoms with Crippen LogP contribution in [0.15, 0.2) is 41.3 Å². The van der Waals surface area contributed by atoms with Gasteiger partial charge >= 0.3 is 0 Å². The van der Waals surface area contributed by atoms with Gasteiger partial charge in [0.25, 0.3) is 11.9 Å². The summed E-state index contributed by atoms with van der Waals surface area (Å²) in [6, 6.07) is 8.66. The molecule has 0 radical (unpaired) electrons. The molecule has 2 aromatic heterocycles. The van der Waals surface area contributed by atoms with Gasteiger partial charge in [-0.3, -0.25) is 4.79 Å². The SMILES string of the molecule is Cc1cc2nccc(=O)n2nc1N1CC[C@H](Oc2ccc3c(c2)OC(F)CO3)C[C@H]1C. The van der Waals surface area contributed by atoms with E-state index < -0.39 is 6.36 Å². The molecule has 1 aromatic carbocycles. The maximum absolute atomic E-state index is 13.4. The van der Waals surface area contributed by atoms with Crippen molar-refractivity contribution < 1.29 is 18.6 Å². The van der Waals surface area contributed by atoms with E-state index in [0.717, 1.165) is 30.8 Å². The zero-order chi connectivity index (χ0) is 21.5. The summed E-state index contributed by atoms with van der Waals surface area (Å²) < 4.78 is 31.4. The van der Waals surface area contributed by atoms with Gasteiger partial charge in [0.1, 0.15) is 11.9 Å². The van der Waals surface area contributed by atoms with Crippen LogP contribution in [0.2, 0.25) is 0 Å². The molecular formula is C22H23FN4O4. The topological polar surface area (TPSA) is 78.2 Å². The van der Waals surface area contributed by atoms with Gasteiger partial charge in [-0.15, -0.1) is 5.10 Å². The highest BCUT2D eigenvalue weighted by molar-refractivity contribution is 5.53. The molecule has 1 saturated heterocycles. The molecule has 0 amide bonds. The van der Waals surface area contributed by atoms with Gasteiger partial charge in [0.15, 0.2) is 29.6 Å². The number of hydrogen-bond acceptors (Lipinski definition) is 7. The Balaban J connectivity index is 1.32. The fraction of sp³-hybridized carbons (Fsp3) is 0.409. The van der Waals surface area contributed by atoms with Crippen molar-refractivity contribution in [2.75, 3.05) is 18.1 Å². The Morgan fingerprint density at radius 2 is 2.10 bits per heavy atom. The van der Waals surface area contributed by atoms with E-state index in [1.54, 1.807) is 12.1 Å². The molecule has 9 heteroatoms. The minimum atomic E-state index is -1.47. The normalized spacial score (nSPS) is 23.1. The summed E-state index contributed by atoms with van der Waals surface area (Å²) in [6.07, 6.45) is 1.59. The van der Waals surface area contributed by atoms with Gasteiger partial charge in [0.2, 0.25) is 0 Å². The summed E-state index contributed by atoms with van der Waals surface area (Å²) in [4.78, 5) is 18.6. The van der Waals surface area contributed by atoms with Crippen LogP contribution >= 0.6 is 0 Å². The lowest BCUT2D eigenvalue weighted by atomic mass is 10.00. The Bertz CT molecular complexity index is 1180. The van der Waals surface area contributed by atoms with Crippen molar-refractivity contribution in [3.8, 4) is 17.2 Å². The predicted molar refractivity (Wildman–Crippen MR) is 112 cm³/mol. The third-order valence-corrected chi connectivity index (χ3v) is 5.69. The Morgan fingerprint density at radius 1 is 1.23 bits per heavy atom. The molecule has 0 aliphatic carbocycles. The van der Waals surface area contributed by atoms with Gasteiger partial charge in [-0.05, 0) is 37.6 Å². The molecular weight excluding hydrogens is 403 g/mol. The number of piperidine rings is 1. The average molecular weight is 426 g/mol. The zero-order valence-corrected chi connectivity index (χ0v) is 17.3. The summed E-state index contributed by atoms with van der Waals surface area (Å²) in [5.74, 6) is 2.28. The molecule has 3 aromatic rings. The second-order valence-corrected chi connectivity index (χ2v) is 7.96. The second kappa shape index (κ2) is 7.72. The van der Waals surface area contributed by atoms with E-state index in [-0.39, 0.29) is 24.3 Å². The van der Waals surface area contributed by atoms with Crippen molar-refractivity contribution in [1.29, 1.82) is 0 Å². The van der Waals surface area contributed by atoms with E-state index in [2.05, 4.69) is 21.9 Å². The summed E-state index contributed by atoms with van der Waals surface area (Å²) in [7, 11) is 0. The number of benzene rings is 1. The van der Waals surface area contributed by atoms with Crippen LogP contribution in [0, 0.1) is 6.92 Å². The number of alkyl halides is 1. The number of nitrogens with zero attached hydrogens (tertiary/aromatic N) is 4. The number of hydrogen-bond donors (Lipinski definition) is 0. The van der Waals surface area contributed by atoms with Crippen molar-refractivity contribution in [1.82, 2.24) is 14.6 Å². The second-order valence-electron chi connectivity index (χ2n) is 7.96. The molecule has 2 aliphatic heterocycles. The summed E-state index contributed by atoms with van der Waals surface area (Å²) in [6.45, 7) is 4.72. The molecule has 2 aliphatic rings. The molecule has 0 saturated carbocycles. The maximum atomic E-state index is 13.4. The molecule has 0 N–H and O–H groups in total. The Labute approximate surface area is 178 Å². The molecule has 0 bridgehead atoms. The highest BCUT2D eigenvalue weighted by Gasteiger charge is 2.29. The summed E-state index contributed by atoms with van der Waals surface area (Å²) in [5, 5.41) is 4.57. The first kappa shape index (κ1) is 19.6. The van der Waals surface area contributed by atoms with Crippen LogP contribution in [0.3, 0.4) is 0 Å². The molecule has 4 heterocycles. The molecule has 1 unspecified atom stereocenters. The highest BCUT2D eigenvalue weighted by atomic mass is 19.1. The lowest BCUT2D eigenvalue weighted by Crippen LogP contribution is -2.45. The van der Waals surface area contributed by atoms with Crippen LogP contribution in [-0.4, -0.2) is 46.3 Å². The van der Waals surface area contributed by atoms with E-state index in [1.165, 1.54) is 16.8 Å². The lowest BCUT2D eigenvalue weighted by molar-refractivity contribution is -0.00329. The van der Waals surface area contributed by atoms with Crippen LogP contribution in [0.5, 0.6) is 17.2 Å². The molecule has 162 valence electrons. The van der Waals surface area contributed by atoms with Crippen LogP contribution < -0.4 is 24.7 Å². The molecule has 8 nitrogen and oxygen atoms in total. The molecule has 1 fully saturated rings. The standard InChI is InChI=1S/C22H23FN4O4/c1-13-9-20-24-7-5-21(28)27(20)25-22(13)26-8-6-16(10-14(26)2)30-15-3-4-17-18(11-15)31-19(23)12-29-17/h3-5,7,9,11,14,16,19H,6,8,10,12H2,1-2H3/t14-,16+,19?/m1/s1. The van der Waals surface area contributed by atoms with E-state index in [9.17, 15) is 9.18 Å². The fourth-order valence-electron chi connectivity index (χ4n) is 4.17. The minimum Gasteiger partial charge on any atom is -0.490 e. The Hall–Kier alpha value is -3.36. The van der Waals surface area contributed by atoms with Crippen LogP contribution in [0.25, 0.3) is 5.65 Å². The van der Waals surface area contributed by atoms with Gasteiger partial charge in [-0.2, -0.15) is 8.91 Å². The van der Waals surface area contributed by atoms with Crippen LogP contribution in [0.1, 0.15) is 25.3 Å². The van der Waals surface area contributed by atoms with Crippen molar-refractivity contribution in [2.24, 2.45) is 0 Å². The third-order valence-electron chi connectivity index (χ3n) is 5.69. The molecule has 31 heavy (non-hydrogen) atoms. The number of anilines is 1. The first-order valence-corrected chi connectivity index (χ1v) is 10.3. The molecule has 0 spiro atoms. The van der Waals surface area contributed by atoms with Gasteiger partial charge in [-0.25, -0.2) is 4.98 Å². The Kier molecular flexibility index (Phi) is 4.88. The average Bonchev–Trinajstić information content (AvgIpc) is 2.74. The van der Waals surface area contributed by atoms with E-state index in [4.69, 9.17) is 14.2 Å². The van der Waals surface area contributed by atoms with E-state index >= 15 is 0 Å². The largest absolute Gasteiger partial charge is 0.490 e. The lowest BCUT2D eigenvalue weighted by Gasteiger charge is -2.39. The number of aryl methyl sites for hydroxylation is 1. The van der Waals surface area contributed by atoms with Gasteiger partial charge < -0.3 is 19.1 Å². The Morgan fingerprint density at radius 3 is 2.94 bits per heavy atom. The monoisotopic (exact) mass is 426 g/mol. The van der Waals surface area contributed by atoms with Crippen LogP contribution in [-0.2, 0) is 0 Å². The number of ether oxygens (including phenoxy) is 3.